The lowest BCUT2D eigenvalue weighted by Gasteiger charge is -2.14. The van der Waals surface area contributed by atoms with Crippen molar-refractivity contribution >= 4 is 33.6 Å². The summed E-state index contributed by atoms with van der Waals surface area (Å²) < 4.78 is 40.5. The van der Waals surface area contributed by atoms with Gasteiger partial charge in [-0.2, -0.15) is 0 Å². The van der Waals surface area contributed by atoms with Crippen LogP contribution in [0.3, 0.4) is 0 Å². The smallest absolute Gasteiger partial charge is 0.314 e. The second-order valence-electron chi connectivity index (χ2n) is 7.02. The average Bonchev–Trinajstić information content (AvgIpc) is 3.31. The Kier molecular flexibility index (Phi) is 6.29. The summed E-state index contributed by atoms with van der Waals surface area (Å²) in [5.41, 5.74) is 7.60. The summed E-state index contributed by atoms with van der Waals surface area (Å²) in [5, 5.41) is -0.302. The van der Waals surface area contributed by atoms with Gasteiger partial charge < -0.3 is 15.2 Å². The Hall–Kier alpha value is -2.70. The van der Waals surface area contributed by atoms with E-state index in [1.54, 1.807) is 17.8 Å². The third kappa shape index (κ3) is 5.07. The highest BCUT2D eigenvalue weighted by molar-refractivity contribution is 7.89. The quantitative estimate of drug-likeness (QED) is 0.550. The molecule has 0 spiro atoms. The number of aromatic nitrogens is 2. The number of carbonyl (C=O) groups is 2. The number of nitrogens with two attached hydrogens (primary N) is 1. The number of rotatable bonds is 6. The molecule has 0 bridgehead atoms. The van der Waals surface area contributed by atoms with E-state index in [2.05, 4.69) is 4.98 Å². The van der Waals surface area contributed by atoms with Crippen LogP contribution in [0.25, 0.3) is 11.3 Å². The second kappa shape index (κ2) is 8.58. The summed E-state index contributed by atoms with van der Waals surface area (Å²) in [5.74, 6) is -2.65. The monoisotopic (exact) mass is 458 g/mol. The van der Waals surface area contributed by atoms with Crippen molar-refractivity contribution < 1.29 is 22.4 Å². The Morgan fingerprint density at radius 2 is 2.13 bits per heavy atom. The molecule has 30 heavy (non-hydrogen) atoms. The van der Waals surface area contributed by atoms with Crippen LogP contribution >= 0.6 is 11.6 Å². The number of hydrogen-bond acceptors (Lipinski definition) is 5. The molecule has 13 heteroatoms. The number of aryl methyl sites for hydroxylation is 1. The molecule has 1 aromatic heterocycles. The largest absolute Gasteiger partial charge is 0.351 e. The molecule has 1 unspecified atom stereocenters. The van der Waals surface area contributed by atoms with Gasteiger partial charge in [-0.05, 0) is 24.5 Å². The van der Waals surface area contributed by atoms with E-state index < -0.39 is 33.3 Å². The van der Waals surface area contributed by atoms with Crippen LogP contribution in [-0.4, -0.2) is 53.6 Å². The first-order valence-corrected chi connectivity index (χ1v) is 10.9. The summed E-state index contributed by atoms with van der Waals surface area (Å²) in [7, 11) is -2.18. The van der Waals surface area contributed by atoms with Crippen LogP contribution in [-0.2, 0) is 17.1 Å². The van der Waals surface area contributed by atoms with Gasteiger partial charge in [0.05, 0.1) is 28.4 Å². The van der Waals surface area contributed by atoms with E-state index in [4.69, 9.17) is 17.3 Å². The van der Waals surface area contributed by atoms with Crippen molar-refractivity contribution in [3.05, 3.63) is 41.1 Å². The van der Waals surface area contributed by atoms with Crippen LogP contribution in [0.5, 0.6) is 0 Å². The molecular formula is C17H20ClFN6O4S. The van der Waals surface area contributed by atoms with Crippen molar-refractivity contribution in [3.63, 3.8) is 0 Å². The van der Waals surface area contributed by atoms with Gasteiger partial charge in [0, 0.05) is 31.9 Å². The molecule has 1 saturated heterocycles. The number of hydrazine groups is 1. The minimum Gasteiger partial charge on any atom is -0.351 e. The molecule has 10 nitrogen and oxygen atoms in total. The number of likely N-dealkylation sites (tertiary alicyclic amines) is 1. The Morgan fingerprint density at radius 1 is 1.40 bits per heavy atom. The van der Waals surface area contributed by atoms with Crippen LogP contribution in [0.4, 0.5) is 9.18 Å². The molecule has 0 saturated carbocycles. The number of benzene rings is 1. The second-order valence-corrected chi connectivity index (χ2v) is 9.19. The van der Waals surface area contributed by atoms with Crippen LogP contribution < -0.4 is 16.0 Å². The maximum Gasteiger partial charge on any atom is 0.314 e. The molecule has 162 valence electrons. The molecule has 1 aliphatic rings. The number of sulfonamides is 1. The lowest BCUT2D eigenvalue weighted by atomic mass is 10.1. The minimum absolute atomic E-state index is 0.209. The van der Waals surface area contributed by atoms with E-state index in [-0.39, 0.29) is 23.2 Å². The third-order valence-electron chi connectivity index (χ3n) is 4.65. The fraction of sp³-hybridized carbons (Fsp3) is 0.353. The molecule has 0 aliphatic carbocycles. The highest BCUT2D eigenvalue weighted by Gasteiger charge is 2.29. The van der Waals surface area contributed by atoms with Gasteiger partial charge in [-0.15, -0.1) is 4.83 Å². The van der Waals surface area contributed by atoms with Gasteiger partial charge >= 0.3 is 6.03 Å². The number of primary amides is 1. The summed E-state index contributed by atoms with van der Waals surface area (Å²) in [4.78, 5) is 31.0. The van der Waals surface area contributed by atoms with E-state index in [0.717, 1.165) is 0 Å². The van der Waals surface area contributed by atoms with Crippen molar-refractivity contribution in [2.24, 2.45) is 18.7 Å². The van der Waals surface area contributed by atoms with Crippen LogP contribution in [0.2, 0.25) is 5.02 Å². The summed E-state index contributed by atoms with van der Waals surface area (Å²) in [6.07, 6.45) is 3.65. The number of carbonyl (C=O) groups excluding carboxylic acids is 2. The fourth-order valence-corrected chi connectivity index (χ4v) is 4.62. The van der Waals surface area contributed by atoms with Gasteiger partial charge in [0.25, 0.3) is 5.91 Å². The Morgan fingerprint density at radius 3 is 2.73 bits per heavy atom. The number of amides is 3. The Bertz CT molecular complexity index is 1090. The molecule has 3 amide bonds. The first kappa shape index (κ1) is 22.0. The number of hydrogen-bond donors (Lipinski definition) is 3. The predicted molar refractivity (Wildman–Crippen MR) is 107 cm³/mol. The number of imidazole rings is 1. The molecule has 4 N–H and O–H groups in total. The maximum atomic E-state index is 14.4. The van der Waals surface area contributed by atoms with Crippen molar-refractivity contribution in [3.8, 4) is 11.3 Å². The predicted octanol–water partition coefficient (Wildman–Crippen LogP) is 0.844. The summed E-state index contributed by atoms with van der Waals surface area (Å²) >= 11 is 5.89. The van der Waals surface area contributed by atoms with E-state index in [0.29, 0.717) is 24.2 Å². The first-order valence-electron chi connectivity index (χ1n) is 8.87. The lowest BCUT2D eigenvalue weighted by Crippen LogP contribution is -2.44. The molecule has 1 aromatic carbocycles. The molecule has 0 radical (unpaired) electrons. The fourth-order valence-electron chi connectivity index (χ4n) is 3.18. The van der Waals surface area contributed by atoms with Gasteiger partial charge in [0.2, 0.25) is 10.0 Å². The number of urea groups is 1. The molecule has 1 aliphatic heterocycles. The topological polar surface area (TPSA) is 139 Å². The Labute approximate surface area is 177 Å². The van der Waals surface area contributed by atoms with Gasteiger partial charge in [-0.3, -0.25) is 10.2 Å². The van der Waals surface area contributed by atoms with Crippen molar-refractivity contribution in [2.45, 2.75) is 6.42 Å². The highest BCUT2D eigenvalue weighted by atomic mass is 35.5. The summed E-state index contributed by atoms with van der Waals surface area (Å²) in [6.45, 7) is 0.576. The van der Waals surface area contributed by atoms with E-state index in [1.807, 2.05) is 10.3 Å². The lowest BCUT2D eigenvalue weighted by molar-refractivity contribution is 0.0941. The first-order chi connectivity index (χ1) is 14.1. The zero-order valence-corrected chi connectivity index (χ0v) is 17.5. The third-order valence-corrected chi connectivity index (χ3v) is 6.24. The normalized spacial score (nSPS) is 16.6. The number of halogens is 2. The van der Waals surface area contributed by atoms with Crippen LogP contribution in [0, 0.1) is 11.7 Å². The maximum absolute atomic E-state index is 14.4. The summed E-state index contributed by atoms with van der Waals surface area (Å²) in [6, 6.07) is 1.94. The SMILES string of the molecule is Cn1cnc(-c2cc(Cl)c(F)c(C(=O)NNS(=O)(=O)CC3CCN(C(N)=O)C3)c2)c1. The molecule has 2 heterocycles. The number of nitrogens with one attached hydrogen (secondary N) is 2. The standard InChI is InChI=1S/C17H20ClFN6O4S/c1-24-7-14(21-9-24)11-4-12(15(19)13(18)5-11)16(26)22-23-30(28,29)8-10-2-3-25(6-10)17(20)27/h4-5,7,9-10,23H,2-3,6,8H2,1H3,(H2,20,27)(H,22,26). The minimum atomic E-state index is -3.93. The van der Waals surface area contributed by atoms with Gasteiger partial charge in [0.1, 0.15) is 0 Å². The van der Waals surface area contributed by atoms with E-state index in [1.165, 1.54) is 23.4 Å². The van der Waals surface area contributed by atoms with E-state index in [9.17, 15) is 22.4 Å². The zero-order valence-electron chi connectivity index (χ0n) is 15.9. The van der Waals surface area contributed by atoms with Crippen LogP contribution in [0.1, 0.15) is 16.8 Å². The van der Waals surface area contributed by atoms with Gasteiger partial charge in [0.15, 0.2) is 5.82 Å². The Balaban J connectivity index is 1.68. The van der Waals surface area contributed by atoms with Crippen molar-refractivity contribution in [2.75, 3.05) is 18.8 Å². The van der Waals surface area contributed by atoms with Gasteiger partial charge in [-0.25, -0.2) is 22.6 Å². The number of nitrogens with zero attached hydrogens (tertiary/aromatic N) is 3. The average molecular weight is 459 g/mol. The molecular weight excluding hydrogens is 439 g/mol. The highest BCUT2D eigenvalue weighted by Crippen LogP contribution is 2.27. The van der Waals surface area contributed by atoms with Crippen molar-refractivity contribution in [1.82, 2.24) is 24.7 Å². The van der Waals surface area contributed by atoms with Crippen molar-refractivity contribution in [1.29, 1.82) is 0 Å². The molecule has 1 fully saturated rings. The molecule has 1 atom stereocenters. The molecule has 3 rings (SSSR count). The van der Waals surface area contributed by atoms with Gasteiger partial charge in [-0.1, -0.05) is 11.6 Å². The van der Waals surface area contributed by atoms with Crippen LogP contribution in [0.15, 0.2) is 24.7 Å². The molecule has 2 aromatic rings. The zero-order chi connectivity index (χ0) is 22.1. The van der Waals surface area contributed by atoms with E-state index >= 15 is 0 Å².